The number of fused-ring (bicyclic) bond motifs is 1. The molecule has 0 aliphatic carbocycles. The Hall–Kier alpha value is -3.67. The van der Waals surface area contributed by atoms with E-state index in [1.807, 2.05) is 41.9 Å². The Labute approximate surface area is 169 Å². The molecule has 1 amide bonds. The van der Waals surface area contributed by atoms with Gasteiger partial charge in [0.15, 0.2) is 5.65 Å². The Morgan fingerprint density at radius 2 is 1.90 bits per heavy atom. The number of rotatable bonds is 6. The van der Waals surface area contributed by atoms with Crippen molar-refractivity contribution in [3.8, 4) is 11.3 Å². The molecule has 2 heterocycles. The second-order valence-corrected chi connectivity index (χ2v) is 7.02. The SMILES string of the molecule is CCc1ccccc1-c1cc(NCc2ccc(C(N)=O)cc2)n2ncc(C)c2n1. The molecule has 0 unspecified atom stereocenters. The molecule has 6 nitrogen and oxygen atoms in total. The molecule has 2 aromatic carbocycles. The molecule has 29 heavy (non-hydrogen) atoms. The first-order valence-electron chi connectivity index (χ1n) is 9.63. The maximum absolute atomic E-state index is 11.3. The summed E-state index contributed by atoms with van der Waals surface area (Å²) in [6.45, 7) is 4.75. The number of carbonyl (C=O) groups excluding carboxylic acids is 1. The molecular formula is C23H23N5O. The van der Waals surface area contributed by atoms with E-state index in [1.54, 1.807) is 12.1 Å². The lowest BCUT2D eigenvalue weighted by Gasteiger charge is -2.13. The smallest absolute Gasteiger partial charge is 0.248 e. The zero-order chi connectivity index (χ0) is 20.4. The van der Waals surface area contributed by atoms with Gasteiger partial charge in [0.1, 0.15) is 5.82 Å². The third-order valence-corrected chi connectivity index (χ3v) is 5.03. The van der Waals surface area contributed by atoms with E-state index in [-0.39, 0.29) is 0 Å². The Balaban J connectivity index is 1.70. The molecule has 3 N–H and O–H groups in total. The van der Waals surface area contributed by atoms with Gasteiger partial charge in [0.2, 0.25) is 5.91 Å². The number of benzene rings is 2. The first-order chi connectivity index (χ1) is 14.1. The third kappa shape index (κ3) is 3.69. The van der Waals surface area contributed by atoms with Gasteiger partial charge in [0, 0.05) is 29.3 Å². The molecule has 0 radical (unpaired) electrons. The number of aryl methyl sites for hydroxylation is 2. The molecular weight excluding hydrogens is 362 g/mol. The van der Waals surface area contributed by atoms with Crippen LogP contribution in [0.4, 0.5) is 5.82 Å². The number of nitrogens with two attached hydrogens (primary N) is 1. The van der Waals surface area contributed by atoms with Crippen LogP contribution in [0, 0.1) is 6.92 Å². The van der Waals surface area contributed by atoms with E-state index >= 15 is 0 Å². The molecule has 0 aliphatic heterocycles. The summed E-state index contributed by atoms with van der Waals surface area (Å²) in [6, 6.07) is 17.6. The predicted octanol–water partition coefficient (Wildman–Crippen LogP) is 3.98. The molecule has 0 bridgehead atoms. The van der Waals surface area contributed by atoms with Crippen molar-refractivity contribution in [2.45, 2.75) is 26.8 Å². The Bertz CT molecular complexity index is 1180. The highest BCUT2D eigenvalue weighted by Crippen LogP contribution is 2.27. The third-order valence-electron chi connectivity index (χ3n) is 5.03. The van der Waals surface area contributed by atoms with E-state index in [2.05, 4.69) is 35.5 Å². The first kappa shape index (κ1) is 18.7. The lowest BCUT2D eigenvalue weighted by Crippen LogP contribution is -2.11. The minimum absolute atomic E-state index is 0.424. The highest BCUT2D eigenvalue weighted by atomic mass is 16.1. The number of hydrogen-bond donors (Lipinski definition) is 2. The van der Waals surface area contributed by atoms with Crippen molar-refractivity contribution in [2.24, 2.45) is 5.73 Å². The van der Waals surface area contributed by atoms with Crippen LogP contribution in [0.5, 0.6) is 0 Å². The molecule has 0 spiro atoms. The Kier molecular flexibility index (Phi) is 4.99. The monoisotopic (exact) mass is 385 g/mol. The van der Waals surface area contributed by atoms with Gasteiger partial charge in [0.05, 0.1) is 11.9 Å². The summed E-state index contributed by atoms with van der Waals surface area (Å²) in [5, 5.41) is 7.93. The standard InChI is InChI=1S/C23H23N5O/c1-3-17-6-4-5-7-19(17)20-12-21(28-23(27-20)15(2)13-26-28)25-14-16-8-10-18(11-9-16)22(24)29/h4-13,25H,3,14H2,1-2H3,(H2,24,29). The topological polar surface area (TPSA) is 85.3 Å². The van der Waals surface area contributed by atoms with E-state index in [0.29, 0.717) is 12.1 Å². The van der Waals surface area contributed by atoms with E-state index in [1.165, 1.54) is 5.56 Å². The first-order valence-corrected chi connectivity index (χ1v) is 9.63. The van der Waals surface area contributed by atoms with Gasteiger partial charge < -0.3 is 11.1 Å². The highest BCUT2D eigenvalue weighted by molar-refractivity contribution is 5.92. The van der Waals surface area contributed by atoms with Crippen LogP contribution in [-0.4, -0.2) is 20.5 Å². The average Bonchev–Trinajstić information content (AvgIpc) is 3.13. The maximum atomic E-state index is 11.3. The van der Waals surface area contributed by atoms with Crippen LogP contribution in [0.1, 0.15) is 34.0 Å². The van der Waals surface area contributed by atoms with E-state index in [4.69, 9.17) is 10.7 Å². The summed E-state index contributed by atoms with van der Waals surface area (Å²) < 4.78 is 1.82. The van der Waals surface area contributed by atoms with Crippen LogP contribution in [-0.2, 0) is 13.0 Å². The van der Waals surface area contributed by atoms with Crippen molar-refractivity contribution in [1.82, 2.24) is 14.6 Å². The normalized spacial score (nSPS) is 11.0. The van der Waals surface area contributed by atoms with Crippen LogP contribution in [0.3, 0.4) is 0 Å². The number of nitrogens with one attached hydrogen (secondary N) is 1. The van der Waals surface area contributed by atoms with Crippen LogP contribution < -0.4 is 11.1 Å². The quantitative estimate of drug-likeness (QED) is 0.526. The molecule has 2 aromatic heterocycles. The van der Waals surface area contributed by atoms with Crippen molar-refractivity contribution in [2.75, 3.05) is 5.32 Å². The molecule has 0 fully saturated rings. The molecule has 0 atom stereocenters. The number of amides is 1. The molecule has 4 rings (SSSR count). The predicted molar refractivity (Wildman–Crippen MR) is 115 cm³/mol. The second kappa shape index (κ2) is 7.75. The maximum Gasteiger partial charge on any atom is 0.248 e. The molecule has 0 saturated carbocycles. The molecule has 6 heteroatoms. The van der Waals surface area contributed by atoms with Crippen molar-refractivity contribution in [3.63, 3.8) is 0 Å². The second-order valence-electron chi connectivity index (χ2n) is 7.02. The van der Waals surface area contributed by atoms with Crippen molar-refractivity contribution in [1.29, 1.82) is 0 Å². The number of anilines is 1. The summed E-state index contributed by atoms with van der Waals surface area (Å²) in [5.74, 6) is 0.439. The van der Waals surface area contributed by atoms with Gasteiger partial charge in [-0.15, -0.1) is 0 Å². The van der Waals surface area contributed by atoms with Gasteiger partial charge in [-0.2, -0.15) is 9.61 Å². The molecule has 4 aromatic rings. The minimum Gasteiger partial charge on any atom is -0.366 e. The minimum atomic E-state index is -0.424. The molecule has 0 saturated heterocycles. The van der Waals surface area contributed by atoms with Gasteiger partial charge >= 0.3 is 0 Å². The lowest BCUT2D eigenvalue weighted by molar-refractivity contribution is 0.100. The summed E-state index contributed by atoms with van der Waals surface area (Å²) in [7, 11) is 0. The number of carbonyl (C=O) groups is 1. The zero-order valence-electron chi connectivity index (χ0n) is 16.5. The molecule has 0 aliphatic rings. The number of primary amides is 1. The highest BCUT2D eigenvalue weighted by Gasteiger charge is 2.12. The van der Waals surface area contributed by atoms with Crippen molar-refractivity contribution < 1.29 is 4.79 Å². The van der Waals surface area contributed by atoms with Crippen molar-refractivity contribution in [3.05, 3.63) is 83.0 Å². The fourth-order valence-electron chi connectivity index (χ4n) is 3.39. The fraction of sp³-hybridized carbons (Fsp3) is 0.174. The van der Waals surface area contributed by atoms with E-state index in [9.17, 15) is 4.79 Å². The van der Waals surface area contributed by atoms with E-state index in [0.717, 1.165) is 40.3 Å². The number of nitrogens with zero attached hydrogens (tertiary/aromatic N) is 3. The van der Waals surface area contributed by atoms with Gasteiger partial charge in [-0.05, 0) is 36.6 Å². The van der Waals surface area contributed by atoms with Crippen molar-refractivity contribution >= 4 is 17.4 Å². The van der Waals surface area contributed by atoms with Crippen LogP contribution in [0.15, 0.2) is 60.8 Å². The van der Waals surface area contributed by atoms with E-state index < -0.39 is 5.91 Å². The fourth-order valence-corrected chi connectivity index (χ4v) is 3.39. The Morgan fingerprint density at radius 1 is 1.14 bits per heavy atom. The number of aromatic nitrogens is 3. The molecule has 146 valence electrons. The van der Waals surface area contributed by atoms with Crippen LogP contribution in [0.2, 0.25) is 0 Å². The van der Waals surface area contributed by atoms with Gasteiger partial charge in [-0.3, -0.25) is 4.79 Å². The summed E-state index contributed by atoms with van der Waals surface area (Å²) in [6.07, 6.45) is 2.76. The van der Waals surface area contributed by atoms with Gasteiger partial charge in [-0.25, -0.2) is 4.98 Å². The Morgan fingerprint density at radius 3 is 2.62 bits per heavy atom. The summed E-state index contributed by atoms with van der Waals surface area (Å²) in [4.78, 5) is 16.1. The van der Waals surface area contributed by atoms with Crippen LogP contribution >= 0.6 is 0 Å². The van der Waals surface area contributed by atoms with Gasteiger partial charge in [-0.1, -0.05) is 43.3 Å². The average molecular weight is 385 g/mol. The largest absolute Gasteiger partial charge is 0.366 e. The zero-order valence-corrected chi connectivity index (χ0v) is 16.5. The van der Waals surface area contributed by atoms with Gasteiger partial charge in [0.25, 0.3) is 0 Å². The summed E-state index contributed by atoms with van der Waals surface area (Å²) in [5.41, 5.74) is 12.0. The number of hydrogen-bond acceptors (Lipinski definition) is 4. The lowest BCUT2D eigenvalue weighted by atomic mass is 10.0. The summed E-state index contributed by atoms with van der Waals surface area (Å²) >= 11 is 0. The van der Waals surface area contributed by atoms with Crippen LogP contribution in [0.25, 0.3) is 16.9 Å².